The highest BCUT2D eigenvalue weighted by Crippen LogP contribution is 2.44. The van der Waals surface area contributed by atoms with Crippen molar-refractivity contribution in [1.82, 2.24) is 14.8 Å². The number of rotatable bonds is 3. The molecule has 1 N–H and O–H groups in total. The van der Waals surface area contributed by atoms with E-state index in [0.717, 1.165) is 23.3 Å². The summed E-state index contributed by atoms with van der Waals surface area (Å²) in [4.78, 5) is 17.9. The van der Waals surface area contributed by atoms with Crippen LogP contribution in [-0.2, 0) is 4.79 Å². The number of aromatic nitrogens is 3. The predicted molar refractivity (Wildman–Crippen MR) is 118 cm³/mol. The van der Waals surface area contributed by atoms with Gasteiger partial charge in [-0.2, -0.15) is 10.1 Å². The lowest BCUT2D eigenvalue weighted by atomic mass is 9.77. The molecular formula is C25H26N4O. The molecule has 1 aromatic heterocycles. The van der Waals surface area contributed by atoms with Gasteiger partial charge in [-0.25, -0.2) is 4.68 Å². The molecule has 3 aromatic rings. The van der Waals surface area contributed by atoms with E-state index < -0.39 is 0 Å². The molecule has 0 saturated heterocycles. The number of aryl methyl sites for hydroxylation is 1. The second kappa shape index (κ2) is 7.24. The normalized spacial score (nSPS) is 20.7. The highest BCUT2D eigenvalue weighted by molar-refractivity contribution is 6.00. The molecular weight excluding hydrogens is 372 g/mol. The maximum absolute atomic E-state index is 13.5. The molecule has 1 aliphatic heterocycles. The van der Waals surface area contributed by atoms with Crippen molar-refractivity contribution < 1.29 is 4.79 Å². The van der Waals surface area contributed by atoms with Crippen molar-refractivity contribution in [3.8, 4) is 0 Å². The van der Waals surface area contributed by atoms with Crippen molar-refractivity contribution in [2.45, 2.75) is 51.5 Å². The van der Waals surface area contributed by atoms with Crippen LogP contribution in [-0.4, -0.2) is 20.5 Å². The lowest BCUT2D eigenvalue weighted by molar-refractivity contribution is -0.116. The molecule has 2 aromatic carbocycles. The average Bonchev–Trinajstić information content (AvgIpc) is 3.20. The lowest BCUT2D eigenvalue weighted by Crippen LogP contribution is -2.33. The Labute approximate surface area is 176 Å². The molecule has 5 nitrogen and oxygen atoms in total. The summed E-state index contributed by atoms with van der Waals surface area (Å²) in [6.45, 7) is 6.49. The fourth-order valence-electron chi connectivity index (χ4n) is 4.79. The van der Waals surface area contributed by atoms with E-state index in [9.17, 15) is 4.79 Å². The van der Waals surface area contributed by atoms with E-state index in [1.54, 1.807) is 6.33 Å². The van der Waals surface area contributed by atoms with Gasteiger partial charge in [0.2, 0.25) is 5.95 Å². The van der Waals surface area contributed by atoms with E-state index in [4.69, 9.17) is 0 Å². The molecule has 30 heavy (non-hydrogen) atoms. The van der Waals surface area contributed by atoms with Gasteiger partial charge in [-0.05, 0) is 47.4 Å². The van der Waals surface area contributed by atoms with Gasteiger partial charge in [-0.1, -0.05) is 62.4 Å². The maximum atomic E-state index is 13.5. The number of benzene rings is 2. The van der Waals surface area contributed by atoms with Gasteiger partial charge in [0.05, 0.1) is 0 Å². The summed E-state index contributed by atoms with van der Waals surface area (Å²) < 4.78 is 1.84. The summed E-state index contributed by atoms with van der Waals surface area (Å²) in [5.74, 6) is 1.54. The average molecular weight is 399 g/mol. The monoisotopic (exact) mass is 398 g/mol. The van der Waals surface area contributed by atoms with Crippen LogP contribution < -0.4 is 5.32 Å². The minimum absolute atomic E-state index is 0.184. The highest BCUT2D eigenvalue weighted by Gasteiger charge is 2.39. The Morgan fingerprint density at radius 1 is 1.07 bits per heavy atom. The van der Waals surface area contributed by atoms with E-state index in [0.29, 0.717) is 18.3 Å². The number of nitrogens with zero attached hydrogens (tertiary/aromatic N) is 3. The maximum Gasteiger partial charge on any atom is 0.226 e. The molecule has 5 rings (SSSR count). The summed E-state index contributed by atoms with van der Waals surface area (Å²) in [7, 11) is 0. The smallest absolute Gasteiger partial charge is 0.226 e. The largest absolute Gasteiger partial charge is 0.328 e. The Kier molecular flexibility index (Phi) is 4.54. The molecule has 2 atom stereocenters. The Balaban J connectivity index is 1.58. The number of allylic oxidation sites excluding steroid dienone is 2. The first-order valence-corrected chi connectivity index (χ1v) is 10.6. The number of hydrogen-bond donors (Lipinski definition) is 1. The summed E-state index contributed by atoms with van der Waals surface area (Å²) in [6, 6.07) is 16.7. The highest BCUT2D eigenvalue weighted by atomic mass is 16.1. The van der Waals surface area contributed by atoms with Crippen molar-refractivity contribution in [3.63, 3.8) is 0 Å². The van der Waals surface area contributed by atoms with Crippen molar-refractivity contribution in [3.05, 3.63) is 88.4 Å². The number of carbonyl (C=O) groups excluding carboxylic acids is 1. The fourth-order valence-corrected chi connectivity index (χ4v) is 4.79. The molecule has 0 saturated carbocycles. The van der Waals surface area contributed by atoms with Crippen LogP contribution in [0.5, 0.6) is 0 Å². The molecule has 0 spiro atoms. The second-order valence-corrected chi connectivity index (χ2v) is 8.65. The van der Waals surface area contributed by atoms with E-state index in [1.807, 2.05) is 10.7 Å². The van der Waals surface area contributed by atoms with Gasteiger partial charge < -0.3 is 5.32 Å². The Hall–Kier alpha value is -3.21. The lowest BCUT2D eigenvalue weighted by Gasteiger charge is -2.35. The standard InChI is InChI=1S/C25H26N4O/c1-15(2)17-8-10-18(11-9-17)24-23-21(28-25-26-14-27-29(24)25)12-19(13-22(23)30)20-7-5-4-6-16(20)3/h4-11,14-15,19,24H,12-13H2,1-3H3,(H,26,27,28)/t19-,24+/m1/s1. The molecule has 152 valence electrons. The van der Waals surface area contributed by atoms with E-state index in [-0.39, 0.29) is 17.7 Å². The minimum Gasteiger partial charge on any atom is -0.328 e. The van der Waals surface area contributed by atoms with E-state index in [1.165, 1.54) is 16.7 Å². The van der Waals surface area contributed by atoms with E-state index in [2.05, 4.69) is 78.6 Å². The van der Waals surface area contributed by atoms with Crippen molar-refractivity contribution in [2.75, 3.05) is 5.32 Å². The molecule has 0 radical (unpaired) electrons. The molecule has 5 heteroatoms. The van der Waals surface area contributed by atoms with E-state index >= 15 is 0 Å². The van der Waals surface area contributed by atoms with Gasteiger partial charge in [0.25, 0.3) is 0 Å². The van der Waals surface area contributed by atoms with Crippen molar-refractivity contribution in [1.29, 1.82) is 0 Å². The molecule has 0 unspecified atom stereocenters. The SMILES string of the molecule is Cc1ccccc1[C@H]1CC(=O)C2=C(C1)Nc1ncnn1[C@H]2c1ccc(C(C)C)cc1. The zero-order valence-electron chi connectivity index (χ0n) is 17.6. The van der Waals surface area contributed by atoms with Crippen LogP contribution in [0, 0.1) is 6.92 Å². The first-order chi connectivity index (χ1) is 14.5. The van der Waals surface area contributed by atoms with Crippen LogP contribution in [0.3, 0.4) is 0 Å². The number of nitrogens with one attached hydrogen (secondary N) is 1. The zero-order chi connectivity index (χ0) is 20.8. The Bertz CT molecular complexity index is 1140. The van der Waals surface area contributed by atoms with Gasteiger partial charge in [-0.3, -0.25) is 4.79 Å². The number of ketones is 1. The number of fused-ring (bicyclic) bond motifs is 1. The van der Waals surface area contributed by atoms with Crippen molar-refractivity contribution >= 4 is 11.7 Å². The Morgan fingerprint density at radius 2 is 1.83 bits per heavy atom. The Morgan fingerprint density at radius 3 is 2.57 bits per heavy atom. The van der Waals surface area contributed by atoms with Gasteiger partial charge in [0.1, 0.15) is 12.4 Å². The van der Waals surface area contributed by atoms with Gasteiger partial charge in [0.15, 0.2) is 5.78 Å². The van der Waals surface area contributed by atoms with Crippen LogP contribution in [0.15, 0.2) is 66.1 Å². The quantitative estimate of drug-likeness (QED) is 0.665. The summed E-state index contributed by atoms with van der Waals surface area (Å²) in [5, 5.41) is 7.85. The number of anilines is 1. The van der Waals surface area contributed by atoms with Crippen LogP contribution >= 0.6 is 0 Å². The van der Waals surface area contributed by atoms with Gasteiger partial charge in [-0.15, -0.1) is 0 Å². The summed E-state index contributed by atoms with van der Waals surface area (Å²) in [6.07, 6.45) is 2.88. The van der Waals surface area contributed by atoms with Crippen LogP contribution in [0.1, 0.15) is 66.8 Å². The van der Waals surface area contributed by atoms with Crippen molar-refractivity contribution in [2.24, 2.45) is 0 Å². The molecule has 1 aliphatic carbocycles. The van der Waals surface area contributed by atoms with Gasteiger partial charge >= 0.3 is 0 Å². The molecule has 2 aliphatic rings. The summed E-state index contributed by atoms with van der Waals surface area (Å²) in [5.41, 5.74) is 6.66. The van der Waals surface area contributed by atoms with Crippen LogP contribution in [0.4, 0.5) is 5.95 Å². The third-order valence-electron chi connectivity index (χ3n) is 6.41. The molecule has 0 amide bonds. The predicted octanol–water partition coefficient (Wildman–Crippen LogP) is 5.13. The van der Waals surface area contributed by atoms with Crippen LogP contribution in [0.25, 0.3) is 0 Å². The fraction of sp³-hybridized carbons (Fsp3) is 0.320. The zero-order valence-corrected chi connectivity index (χ0v) is 17.6. The van der Waals surface area contributed by atoms with Gasteiger partial charge in [0, 0.05) is 17.7 Å². The molecule has 2 heterocycles. The third-order valence-corrected chi connectivity index (χ3v) is 6.41. The second-order valence-electron chi connectivity index (χ2n) is 8.65. The summed E-state index contributed by atoms with van der Waals surface area (Å²) >= 11 is 0. The third kappa shape index (κ3) is 3.05. The molecule has 0 bridgehead atoms. The minimum atomic E-state index is -0.231. The topological polar surface area (TPSA) is 59.8 Å². The number of hydrogen-bond acceptors (Lipinski definition) is 4. The van der Waals surface area contributed by atoms with Crippen LogP contribution in [0.2, 0.25) is 0 Å². The first kappa shape index (κ1) is 18.8. The number of carbonyl (C=O) groups is 1. The first-order valence-electron chi connectivity index (χ1n) is 10.6. The molecule has 0 fully saturated rings. The number of Topliss-reactive ketones (excluding diaryl/α,β-unsaturated/α-hetero) is 1.